The minimum atomic E-state index is -0.585. The van der Waals surface area contributed by atoms with E-state index in [1.54, 1.807) is 13.0 Å². The molecule has 5 nitrogen and oxygen atoms in total. The number of nitrogens with zero attached hydrogens (tertiary/aromatic N) is 1. The first-order valence-corrected chi connectivity index (χ1v) is 7.57. The minimum Gasteiger partial charge on any atom is -0.440 e. The smallest absolute Gasteiger partial charge is 0.343 e. The number of rotatable bonds is 1. The molecule has 0 fully saturated rings. The van der Waals surface area contributed by atoms with E-state index in [1.807, 2.05) is 24.3 Å². The number of allylic oxidation sites excluding steroid dienone is 1. The van der Waals surface area contributed by atoms with Gasteiger partial charge in [-0.15, -0.1) is 0 Å². The van der Waals surface area contributed by atoms with Crippen LogP contribution < -0.4 is 16.1 Å². The van der Waals surface area contributed by atoms with Gasteiger partial charge in [0.1, 0.15) is 23.2 Å². The minimum absolute atomic E-state index is 0.0182. The molecule has 3 rings (SSSR count). The van der Waals surface area contributed by atoms with Crippen LogP contribution in [0.4, 0.5) is 0 Å². The Kier molecular flexibility index (Phi) is 3.66. The molecule has 0 amide bonds. The summed E-state index contributed by atoms with van der Waals surface area (Å²) in [4.78, 5) is 12.3. The van der Waals surface area contributed by atoms with E-state index in [0.29, 0.717) is 17.1 Å². The van der Waals surface area contributed by atoms with Crippen LogP contribution in [-0.4, -0.2) is 0 Å². The van der Waals surface area contributed by atoms with E-state index < -0.39 is 11.5 Å². The van der Waals surface area contributed by atoms with Gasteiger partial charge in [-0.1, -0.05) is 18.2 Å². The van der Waals surface area contributed by atoms with Gasteiger partial charge >= 0.3 is 5.63 Å². The van der Waals surface area contributed by atoms with Crippen LogP contribution in [0.15, 0.2) is 51.0 Å². The molecule has 6 heteroatoms. The highest BCUT2D eigenvalue weighted by molar-refractivity contribution is 14.1. The van der Waals surface area contributed by atoms with Crippen molar-refractivity contribution in [1.82, 2.24) is 0 Å². The molecular formula is C16H11IN2O3. The van der Waals surface area contributed by atoms with Crippen LogP contribution >= 0.6 is 22.6 Å². The molecule has 2 aromatic rings. The van der Waals surface area contributed by atoms with E-state index in [0.717, 1.165) is 9.13 Å². The molecule has 0 aliphatic carbocycles. The van der Waals surface area contributed by atoms with Gasteiger partial charge in [0.2, 0.25) is 5.88 Å². The van der Waals surface area contributed by atoms with Crippen molar-refractivity contribution in [2.75, 3.05) is 0 Å². The van der Waals surface area contributed by atoms with Gasteiger partial charge in [-0.05, 0) is 41.1 Å². The summed E-state index contributed by atoms with van der Waals surface area (Å²) in [6, 6.07) is 11.2. The monoisotopic (exact) mass is 406 g/mol. The van der Waals surface area contributed by atoms with Gasteiger partial charge in [-0.25, -0.2) is 4.79 Å². The Morgan fingerprint density at radius 1 is 1.36 bits per heavy atom. The Hall–Kier alpha value is -2.27. The Bertz CT molecular complexity index is 893. The van der Waals surface area contributed by atoms with Gasteiger partial charge < -0.3 is 14.9 Å². The molecule has 0 saturated heterocycles. The van der Waals surface area contributed by atoms with Crippen LogP contribution in [0.5, 0.6) is 5.75 Å². The number of nitrogens with two attached hydrogens (primary N) is 1. The van der Waals surface area contributed by atoms with Crippen LogP contribution in [0.1, 0.15) is 22.8 Å². The van der Waals surface area contributed by atoms with E-state index in [-0.39, 0.29) is 11.5 Å². The molecule has 2 heterocycles. The molecule has 1 aliphatic rings. The van der Waals surface area contributed by atoms with Crippen LogP contribution in [0.2, 0.25) is 0 Å². The number of halogens is 1. The number of aryl methyl sites for hydroxylation is 1. The van der Waals surface area contributed by atoms with Gasteiger partial charge in [0.25, 0.3) is 0 Å². The summed E-state index contributed by atoms with van der Waals surface area (Å²) in [6.07, 6.45) is 0. The standard InChI is InChI=1S/C16H11IN2O3/c1-8-6-12-14(16(20)21-8)13(10(7-18)15(19)22-12)9-4-2-3-5-11(9)17/h2-6,13H,19H2,1H3/t13-/m1/s1. The molecule has 1 aromatic heterocycles. The quantitative estimate of drug-likeness (QED) is 0.736. The molecule has 1 aromatic carbocycles. The van der Waals surface area contributed by atoms with Crippen LogP contribution in [0.25, 0.3) is 0 Å². The Morgan fingerprint density at radius 3 is 2.77 bits per heavy atom. The summed E-state index contributed by atoms with van der Waals surface area (Å²) in [7, 11) is 0. The fourth-order valence-electron chi connectivity index (χ4n) is 2.54. The van der Waals surface area contributed by atoms with Crippen molar-refractivity contribution in [3.8, 4) is 11.8 Å². The topological polar surface area (TPSA) is 89.2 Å². The average Bonchev–Trinajstić information content (AvgIpc) is 2.46. The van der Waals surface area contributed by atoms with E-state index in [1.165, 1.54) is 0 Å². The zero-order valence-corrected chi connectivity index (χ0v) is 13.7. The molecule has 0 radical (unpaired) electrons. The van der Waals surface area contributed by atoms with Crippen LogP contribution in [0.3, 0.4) is 0 Å². The normalized spacial score (nSPS) is 16.7. The van der Waals surface area contributed by atoms with E-state index in [2.05, 4.69) is 28.7 Å². The molecule has 0 unspecified atom stereocenters. The molecule has 0 saturated carbocycles. The summed E-state index contributed by atoms with van der Waals surface area (Å²) >= 11 is 2.17. The van der Waals surface area contributed by atoms with Crippen molar-refractivity contribution in [3.63, 3.8) is 0 Å². The SMILES string of the molecule is Cc1cc2c(c(=O)o1)[C@H](c1ccccc1I)C(C#N)=C(N)O2. The first-order chi connectivity index (χ1) is 10.5. The second kappa shape index (κ2) is 5.50. The Balaban J connectivity index is 2.35. The molecule has 2 N–H and O–H groups in total. The zero-order chi connectivity index (χ0) is 15.9. The van der Waals surface area contributed by atoms with E-state index in [4.69, 9.17) is 14.9 Å². The van der Waals surface area contributed by atoms with E-state index >= 15 is 0 Å². The number of benzene rings is 1. The van der Waals surface area contributed by atoms with Crippen LogP contribution in [-0.2, 0) is 0 Å². The third-order valence-corrected chi connectivity index (χ3v) is 4.46. The molecule has 1 aliphatic heterocycles. The summed E-state index contributed by atoms with van der Waals surface area (Å²) in [5, 5.41) is 9.45. The first-order valence-electron chi connectivity index (χ1n) is 6.49. The molecule has 0 bridgehead atoms. The Morgan fingerprint density at radius 2 is 2.09 bits per heavy atom. The van der Waals surface area contributed by atoms with Crippen LogP contribution in [0, 0.1) is 21.8 Å². The second-order valence-electron chi connectivity index (χ2n) is 4.87. The summed E-state index contributed by atoms with van der Waals surface area (Å²) in [5.74, 6) is 0.205. The van der Waals surface area contributed by atoms with Crippen molar-refractivity contribution in [3.05, 3.63) is 72.7 Å². The van der Waals surface area contributed by atoms with Gasteiger partial charge in [0.05, 0.1) is 11.5 Å². The molecule has 1 atom stereocenters. The predicted octanol–water partition coefficient (Wildman–Crippen LogP) is 2.77. The summed E-state index contributed by atoms with van der Waals surface area (Å²) in [6.45, 7) is 1.66. The number of hydrogen-bond acceptors (Lipinski definition) is 5. The highest BCUT2D eigenvalue weighted by Gasteiger charge is 2.35. The third kappa shape index (κ3) is 2.27. The highest BCUT2D eigenvalue weighted by atomic mass is 127. The van der Waals surface area contributed by atoms with Crippen molar-refractivity contribution in [2.24, 2.45) is 5.73 Å². The van der Waals surface area contributed by atoms with Gasteiger partial charge in [-0.2, -0.15) is 5.26 Å². The predicted molar refractivity (Wildman–Crippen MR) is 88.2 cm³/mol. The van der Waals surface area contributed by atoms with Crippen molar-refractivity contribution in [1.29, 1.82) is 5.26 Å². The van der Waals surface area contributed by atoms with Crippen molar-refractivity contribution in [2.45, 2.75) is 12.8 Å². The molecule has 110 valence electrons. The lowest BCUT2D eigenvalue weighted by Crippen LogP contribution is -2.26. The summed E-state index contributed by atoms with van der Waals surface area (Å²) in [5.41, 5.74) is 6.71. The van der Waals surface area contributed by atoms with Gasteiger partial charge in [-0.3, -0.25) is 0 Å². The maximum atomic E-state index is 12.3. The third-order valence-electron chi connectivity index (χ3n) is 3.47. The average molecular weight is 406 g/mol. The Labute approximate surface area is 140 Å². The lowest BCUT2D eigenvalue weighted by molar-refractivity contribution is 0.371. The number of nitriles is 1. The number of fused-ring (bicyclic) bond motifs is 1. The number of ether oxygens (including phenoxy) is 1. The lowest BCUT2D eigenvalue weighted by atomic mass is 9.84. The van der Waals surface area contributed by atoms with Gasteiger partial charge in [0.15, 0.2) is 0 Å². The first kappa shape index (κ1) is 14.7. The van der Waals surface area contributed by atoms with Gasteiger partial charge in [0, 0.05) is 9.64 Å². The molecule has 0 spiro atoms. The second-order valence-corrected chi connectivity index (χ2v) is 6.03. The van der Waals surface area contributed by atoms with Crippen molar-refractivity contribution < 1.29 is 9.15 Å². The zero-order valence-electron chi connectivity index (χ0n) is 11.6. The fourth-order valence-corrected chi connectivity index (χ4v) is 3.24. The highest BCUT2D eigenvalue weighted by Crippen LogP contribution is 2.41. The maximum Gasteiger partial charge on any atom is 0.343 e. The largest absolute Gasteiger partial charge is 0.440 e. The molecule has 22 heavy (non-hydrogen) atoms. The number of hydrogen-bond donors (Lipinski definition) is 1. The molecular weight excluding hydrogens is 395 g/mol. The lowest BCUT2D eigenvalue weighted by Gasteiger charge is -2.25. The maximum absolute atomic E-state index is 12.3. The van der Waals surface area contributed by atoms with E-state index in [9.17, 15) is 10.1 Å². The van der Waals surface area contributed by atoms with Crippen molar-refractivity contribution >= 4 is 22.6 Å². The fraction of sp³-hybridized carbons (Fsp3) is 0.125. The summed E-state index contributed by atoms with van der Waals surface area (Å²) < 4.78 is 11.6.